The molecule has 0 radical (unpaired) electrons. The highest BCUT2D eigenvalue weighted by atomic mass is 127. The predicted octanol–water partition coefficient (Wildman–Crippen LogP) is 8.61. The van der Waals surface area contributed by atoms with Gasteiger partial charge < -0.3 is 4.74 Å². The molecule has 0 N–H and O–H groups in total. The molecule has 0 aromatic heterocycles. The average molecular weight is 629 g/mol. The van der Waals surface area contributed by atoms with E-state index in [1.54, 1.807) is 12.1 Å². The molecular weight excluding hydrogens is 627 g/mol. The van der Waals surface area contributed by atoms with Crippen LogP contribution in [0.25, 0.3) is 0 Å². The molecule has 2 rings (SSSR count). The second-order valence-electron chi connectivity index (χ2n) is 3.70. The van der Waals surface area contributed by atoms with Crippen LogP contribution in [0.4, 0.5) is 0 Å². The first-order valence-corrected chi connectivity index (χ1v) is 9.50. The number of rotatable bonds is 2. The summed E-state index contributed by atoms with van der Waals surface area (Å²) in [5.41, 5.74) is 0. The summed E-state index contributed by atoms with van der Waals surface area (Å²) in [5.74, 6) is 0.893. The first kappa shape index (κ1) is 18.8. The van der Waals surface area contributed by atoms with Crippen LogP contribution in [0.15, 0.2) is 12.1 Å². The third-order valence-corrected chi connectivity index (χ3v) is 7.66. The fourth-order valence-electron chi connectivity index (χ4n) is 1.37. The molecule has 0 fully saturated rings. The minimum Gasteiger partial charge on any atom is -0.455 e. The van der Waals surface area contributed by atoms with Crippen molar-refractivity contribution in [2.45, 2.75) is 0 Å². The summed E-state index contributed by atoms with van der Waals surface area (Å²) < 4.78 is 7.06. The summed E-state index contributed by atoms with van der Waals surface area (Å²) in [6.07, 6.45) is 0. The van der Waals surface area contributed by atoms with Crippen LogP contribution in [0, 0.1) is 7.14 Å². The first-order chi connectivity index (χ1) is 9.73. The van der Waals surface area contributed by atoms with Crippen LogP contribution >= 0.6 is 115 Å². The summed E-state index contributed by atoms with van der Waals surface area (Å²) in [6, 6.07) is 3.15. The molecule has 0 atom stereocenters. The van der Waals surface area contributed by atoms with Gasteiger partial charge in [-0.3, -0.25) is 0 Å². The van der Waals surface area contributed by atoms with Gasteiger partial charge in [0.2, 0.25) is 0 Å². The van der Waals surface area contributed by atoms with E-state index in [0.29, 0.717) is 38.7 Å². The molecule has 21 heavy (non-hydrogen) atoms. The van der Waals surface area contributed by atoms with Gasteiger partial charge in [0.25, 0.3) is 0 Å². The van der Waals surface area contributed by atoms with Gasteiger partial charge in [-0.1, -0.05) is 69.6 Å². The van der Waals surface area contributed by atoms with E-state index in [-0.39, 0.29) is 10.0 Å². The molecule has 9 heteroatoms. The number of ether oxygens (including phenoxy) is 1. The average Bonchev–Trinajstić information content (AvgIpc) is 2.45. The van der Waals surface area contributed by atoms with Gasteiger partial charge in [-0.2, -0.15) is 0 Å². The number of hydrogen-bond donors (Lipinski definition) is 0. The Kier molecular flexibility index (Phi) is 6.75. The van der Waals surface area contributed by atoms with E-state index in [9.17, 15) is 0 Å². The summed E-state index contributed by atoms with van der Waals surface area (Å²) >= 11 is 40.2. The third-order valence-electron chi connectivity index (χ3n) is 2.36. The molecule has 0 bridgehead atoms. The van der Waals surface area contributed by atoms with Gasteiger partial charge >= 0.3 is 0 Å². The Morgan fingerprint density at radius 1 is 0.619 bits per heavy atom. The van der Waals surface area contributed by atoms with Gasteiger partial charge in [-0.05, 0) is 45.2 Å². The molecule has 0 saturated carbocycles. The van der Waals surface area contributed by atoms with E-state index in [2.05, 4.69) is 0 Å². The summed E-state index contributed by atoms with van der Waals surface area (Å²) in [7, 11) is 0. The molecule has 112 valence electrons. The Balaban J connectivity index is 2.54. The van der Waals surface area contributed by atoms with E-state index in [1.165, 1.54) is 0 Å². The number of halogens is 8. The van der Waals surface area contributed by atoms with Gasteiger partial charge in [-0.25, -0.2) is 0 Å². The van der Waals surface area contributed by atoms with E-state index in [1.807, 2.05) is 45.2 Å². The molecule has 0 aliphatic rings. The Morgan fingerprint density at radius 3 is 1.29 bits per heavy atom. The van der Waals surface area contributed by atoms with Gasteiger partial charge in [0.15, 0.2) is 0 Å². The SMILES string of the molecule is Clc1cc(Oc2cc(Cl)c(Cl)c(Cl)c2I)c(I)c(Cl)c1Cl. The number of benzene rings is 2. The predicted molar refractivity (Wildman–Crippen MR) is 108 cm³/mol. The zero-order chi connectivity index (χ0) is 15.9. The topological polar surface area (TPSA) is 9.23 Å². The molecular formula is C12H2Cl6I2O. The summed E-state index contributed by atoms with van der Waals surface area (Å²) in [6.45, 7) is 0. The molecule has 0 aliphatic heterocycles. The zero-order valence-electron chi connectivity index (χ0n) is 9.59. The highest BCUT2D eigenvalue weighted by molar-refractivity contribution is 14.1. The molecule has 1 nitrogen and oxygen atoms in total. The highest BCUT2D eigenvalue weighted by Gasteiger charge is 2.18. The Hall–Kier alpha value is 1.44. The van der Waals surface area contributed by atoms with Crippen LogP contribution in [0.2, 0.25) is 30.1 Å². The van der Waals surface area contributed by atoms with Crippen LogP contribution in [0.1, 0.15) is 0 Å². The first-order valence-electron chi connectivity index (χ1n) is 5.07. The molecule has 0 spiro atoms. The molecule has 0 aliphatic carbocycles. The molecule has 0 saturated heterocycles. The van der Waals surface area contributed by atoms with E-state index in [0.717, 1.165) is 0 Å². The molecule has 0 unspecified atom stereocenters. The normalized spacial score (nSPS) is 10.9. The van der Waals surface area contributed by atoms with Crippen molar-refractivity contribution in [2.24, 2.45) is 0 Å². The standard InChI is InChI=1S/C12H2Cl6I2O/c13-3-1-5(11(19)9(17)7(3)15)21-6-2-4(14)8(16)10(18)12(6)20/h1-2H. The maximum absolute atomic E-state index is 6.10. The van der Waals surface area contributed by atoms with E-state index >= 15 is 0 Å². The maximum Gasteiger partial charge on any atom is 0.143 e. The van der Waals surface area contributed by atoms with Crippen molar-refractivity contribution in [1.82, 2.24) is 0 Å². The molecule has 2 aromatic rings. The van der Waals surface area contributed by atoms with Crippen molar-refractivity contribution in [3.05, 3.63) is 49.4 Å². The minimum atomic E-state index is 0.275. The summed E-state index contributed by atoms with van der Waals surface area (Å²) in [5, 5.41) is 1.77. The molecule has 0 amide bonds. The fourth-order valence-corrected chi connectivity index (χ4v) is 3.93. The van der Waals surface area contributed by atoms with Gasteiger partial charge in [0.1, 0.15) is 11.5 Å². The lowest BCUT2D eigenvalue weighted by molar-refractivity contribution is 0.476. The smallest absolute Gasteiger partial charge is 0.143 e. The lowest BCUT2D eigenvalue weighted by atomic mass is 10.3. The lowest BCUT2D eigenvalue weighted by Crippen LogP contribution is -1.93. The van der Waals surface area contributed by atoms with Crippen LogP contribution < -0.4 is 4.74 Å². The summed E-state index contributed by atoms with van der Waals surface area (Å²) in [4.78, 5) is 0. The Bertz CT molecular complexity index is 673. The van der Waals surface area contributed by atoms with Gasteiger partial charge in [-0.15, -0.1) is 0 Å². The van der Waals surface area contributed by atoms with Crippen LogP contribution in [-0.4, -0.2) is 0 Å². The van der Waals surface area contributed by atoms with Crippen molar-refractivity contribution in [3.63, 3.8) is 0 Å². The van der Waals surface area contributed by atoms with Crippen LogP contribution in [-0.2, 0) is 0 Å². The van der Waals surface area contributed by atoms with E-state index in [4.69, 9.17) is 74.3 Å². The third kappa shape index (κ3) is 3.92. The highest BCUT2D eigenvalue weighted by Crippen LogP contribution is 2.44. The van der Waals surface area contributed by atoms with Crippen molar-refractivity contribution >= 4 is 115 Å². The van der Waals surface area contributed by atoms with Crippen LogP contribution in [0.5, 0.6) is 11.5 Å². The zero-order valence-corrected chi connectivity index (χ0v) is 18.4. The molecule has 0 heterocycles. The van der Waals surface area contributed by atoms with Crippen molar-refractivity contribution in [1.29, 1.82) is 0 Å². The molecule has 2 aromatic carbocycles. The van der Waals surface area contributed by atoms with Gasteiger partial charge in [0, 0.05) is 12.1 Å². The quantitative estimate of drug-likeness (QED) is 0.184. The Morgan fingerprint density at radius 2 is 0.952 bits per heavy atom. The maximum atomic E-state index is 6.10. The van der Waals surface area contributed by atoms with Crippen LogP contribution in [0.3, 0.4) is 0 Å². The van der Waals surface area contributed by atoms with Crippen molar-refractivity contribution in [2.75, 3.05) is 0 Å². The fraction of sp³-hybridized carbons (Fsp3) is 0. The van der Waals surface area contributed by atoms with E-state index < -0.39 is 0 Å². The Labute approximate surface area is 178 Å². The second-order valence-corrected chi connectivity index (χ2v) is 8.18. The monoisotopic (exact) mass is 626 g/mol. The lowest BCUT2D eigenvalue weighted by Gasteiger charge is -2.14. The van der Waals surface area contributed by atoms with Crippen molar-refractivity contribution < 1.29 is 4.74 Å². The minimum absolute atomic E-state index is 0.275. The number of hydrogen-bond acceptors (Lipinski definition) is 1. The van der Waals surface area contributed by atoms with Crippen molar-refractivity contribution in [3.8, 4) is 11.5 Å². The largest absolute Gasteiger partial charge is 0.455 e. The van der Waals surface area contributed by atoms with Gasteiger partial charge in [0.05, 0.1) is 37.3 Å². The second kappa shape index (κ2) is 7.55.